The van der Waals surface area contributed by atoms with Crippen LogP contribution in [0.1, 0.15) is 0 Å². The molecule has 4 heteroatoms. The second kappa shape index (κ2) is 10.5. The molecule has 0 saturated carbocycles. The van der Waals surface area contributed by atoms with Crippen molar-refractivity contribution in [1.29, 1.82) is 0 Å². The Bertz CT molecular complexity index is 2760. The van der Waals surface area contributed by atoms with Crippen LogP contribution in [0.5, 0.6) is 0 Å². The number of para-hydroxylation sites is 2. The quantitative estimate of drug-likeness (QED) is 0.198. The Kier molecular flexibility index (Phi) is 5.84. The topological polar surface area (TPSA) is 43.9 Å². The SMILES string of the molecule is c1ccc(-c2cc(-c3ccccc3)nc(-c3ccc(-n4c5ccccc5c5cc6cc7c(cc6cc54)oc4ccccc47)nc3)c2)cc1. The van der Waals surface area contributed by atoms with E-state index in [0.717, 1.165) is 77.8 Å². The zero-order valence-corrected chi connectivity index (χ0v) is 25.8. The van der Waals surface area contributed by atoms with Gasteiger partial charge in [0.15, 0.2) is 0 Å². The van der Waals surface area contributed by atoms with Crippen molar-refractivity contribution in [2.45, 2.75) is 0 Å². The largest absolute Gasteiger partial charge is 0.456 e. The molecule has 0 saturated heterocycles. The first-order valence-electron chi connectivity index (χ1n) is 16.1. The van der Waals surface area contributed by atoms with Crippen molar-refractivity contribution < 1.29 is 4.42 Å². The fourth-order valence-corrected chi connectivity index (χ4v) is 7.08. The van der Waals surface area contributed by atoms with Crippen molar-refractivity contribution in [2.24, 2.45) is 0 Å². The van der Waals surface area contributed by atoms with Gasteiger partial charge in [-0.3, -0.25) is 4.57 Å². The van der Waals surface area contributed by atoms with Gasteiger partial charge in [0.2, 0.25) is 0 Å². The molecule has 0 spiro atoms. The number of pyridine rings is 2. The molecule has 10 aromatic rings. The normalized spacial score (nSPS) is 11.8. The molecule has 0 aliphatic rings. The first-order valence-corrected chi connectivity index (χ1v) is 16.1. The molecular formula is C44H27N3O. The maximum absolute atomic E-state index is 6.25. The fraction of sp³-hybridized carbons (Fsp3) is 0. The van der Waals surface area contributed by atoms with Crippen LogP contribution in [0.15, 0.2) is 168 Å². The highest BCUT2D eigenvalue weighted by atomic mass is 16.3. The first-order chi connectivity index (χ1) is 23.8. The van der Waals surface area contributed by atoms with Crippen molar-refractivity contribution in [2.75, 3.05) is 0 Å². The molecule has 0 bridgehead atoms. The Labute approximate surface area is 276 Å². The standard InChI is InChI=1S/C44H27N3O/c1-3-11-28(12-4-1)32-23-38(29-13-5-2-6-14-29)46-39(24-32)30-19-20-44(45-27-30)47-40-17-9-7-15-34(40)36-21-31-22-37-35-16-8-10-18-42(35)48-43(37)26-33(31)25-41(36)47/h1-27H. The molecular weight excluding hydrogens is 587 g/mol. The van der Waals surface area contributed by atoms with E-state index in [1.165, 1.54) is 16.2 Å². The van der Waals surface area contributed by atoms with Crippen LogP contribution in [0.2, 0.25) is 0 Å². The molecule has 10 rings (SSSR count). The summed E-state index contributed by atoms with van der Waals surface area (Å²) < 4.78 is 8.51. The first kappa shape index (κ1) is 26.7. The van der Waals surface area contributed by atoms with Crippen LogP contribution in [0.3, 0.4) is 0 Å². The average molecular weight is 614 g/mol. The lowest BCUT2D eigenvalue weighted by Gasteiger charge is -2.11. The molecule has 4 aromatic heterocycles. The van der Waals surface area contributed by atoms with E-state index in [-0.39, 0.29) is 0 Å². The third-order valence-corrected chi connectivity index (χ3v) is 9.40. The third kappa shape index (κ3) is 4.24. The van der Waals surface area contributed by atoms with E-state index < -0.39 is 0 Å². The van der Waals surface area contributed by atoms with Crippen LogP contribution in [0.25, 0.3) is 94.0 Å². The van der Waals surface area contributed by atoms with Crippen molar-refractivity contribution in [3.63, 3.8) is 0 Å². The molecule has 4 heterocycles. The van der Waals surface area contributed by atoms with Crippen LogP contribution in [-0.4, -0.2) is 14.5 Å². The molecule has 0 radical (unpaired) electrons. The lowest BCUT2D eigenvalue weighted by molar-refractivity contribution is 0.669. The molecule has 0 unspecified atom stereocenters. The number of hydrogen-bond acceptors (Lipinski definition) is 3. The molecule has 0 aliphatic heterocycles. The minimum absolute atomic E-state index is 0.858. The van der Waals surface area contributed by atoms with E-state index in [2.05, 4.69) is 138 Å². The van der Waals surface area contributed by atoms with Gasteiger partial charge in [-0.1, -0.05) is 97.1 Å². The molecule has 0 amide bonds. The zero-order valence-electron chi connectivity index (χ0n) is 25.8. The maximum Gasteiger partial charge on any atom is 0.137 e. The van der Waals surface area contributed by atoms with Crippen LogP contribution in [0.4, 0.5) is 0 Å². The van der Waals surface area contributed by atoms with Crippen molar-refractivity contribution in [1.82, 2.24) is 14.5 Å². The summed E-state index contributed by atoms with van der Waals surface area (Å²) >= 11 is 0. The highest BCUT2D eigenvalue weighted by molar-refractivity contribution is 6.16. The van der Waals surface area contributed by atoms with Crippen LogP contribution >= 0.6 is 0 Å². The summed E-state index contributed by atoms with van der Waals surface area (Å²) in [5.41, 5.74) is 10.2. The van der Waals surface area contributed by atoms with Gasteiger partial charge in [0.05, 0.1) is 22.4 Å². The number of nitrogens with zero attached hydrogens (tertiary/aromatic N) is 3. The van der Waals surface area contributed by atoms with Gasteiger partial charge in [-0.05, 0) is 82.6 Å². The predicted molar refractivity (Wildman–Crippen MR) is 197 cm³/mol. The Morgan fingerprint density at radius 1 is 0.417 bits per heavy atom. The van der Waals surface area contributed by atoms with E-state index in [1.807, 2.05) is 30.5 Å². The summed E-state index contributed by atoms with van der Waals surface area (Å²) in [6.07, 6.45) is 1.95. The van der Waals surface area contributed by atoms with Gasteiger partial charge in [0, 0.05) is 38.9 Å². The predicted octanol–water partition coefficient (Wildman–Crippen LogP) is 11.6. The van der Waals surface area contributed by atoms with Gasteiger partial charge < -0.3 is 4.42 Å². The molecule has 0 fully saturated rings. The fourth-order valence-electron chi connectivity index (χ4n) is 7.08. The van der Waals surface area contributed by atoms with Gasteiger partial charge in [-0.25, -0.2) is 9.97 Å². The number of hydrogen-bond donors (Lipinski definition) is 0. The third-order valence-electron chi connectivity index (χ3n) is 9.40. The Hall–Kier alpha value is -6.52. The van der Waals surface area contributed by atoms with Crippen LogP contribution < -0.4 is 0 Å². The van der Waals surface area contributed by atoms with Crippen molar-refractivity contribution in [3.8, 4) is 39.5 Å². The number of benzene rings is 6. The number of aromatic nitrogens is 3. The number of fused-ring (bicyclic) bond motifs is 7. The number of rotatable bonds is 4. The lowest BCUT2D eigenvalue weighted by atomic mass is 10.0. The number of furan rings is 1. The summed E-state index contributed by atoms with van der Waals surface area (Å²) in [6.45, 7) is 0. The van der Waals surface area contributed by atoms with Gasteiger partial charge in [-0.2, -0.15) is 0 Å². The molecule has 0 atom stereocenters. The molecule has 0 N–H and O–H groups in total. The lowest BCUT2D eigenvalue weighted by Crippen LogP contribution is -1.98. The monoisotopic (exact) mass is 613 g/mol. The zero-order chi connectivity index (χ0) is 31.6. The smallest absolute Gasteiger partial charge is 0.137 e. The van der Waals surface area contributed by atoms with E-state index in [9.17, 15) is 0 Å². The second-order valence-electron chi connectivity index (χ2n) is 12.3. The van der Waals surface area contributed by atoms with E-state index in [4.69, 9.17) is 14.4 Å². The van der Waals surface area contributed by atoms with Crippen molar-refractivity contribution in [3.05, 3.63) is 164 Å². The Balaban J connectivity index is 1.13. The van der Waals surface area contributed by atoms with Crippen LogP contribution in [0, 0.1) is 0 Å². The van der Waals surface area contributed by atoms with Gasteiger partial charge in [-0.15, -0.1) is 0 Å². The minimum atomic E-state index is 0.858. The Morgan fingerprint density at radius 2 is 1.08 bits per heavy atom. The Morgan fingerprint density at radius 3 is 1.88 bits per heavy atom. The summed E-state index contributed by atoms with van der Waals surface area (Å²) in [5.74, 6) is 0.858. The minimum Gasteiger partial charge on any atom is -0.456 e. The van der Waals surface area contributed by atoms with Gasteiger partial charge >= 0.3 is 0 Å². The molecule has 224 valence electrons. The van der Waals surface area contributed by atoms with Gasteiger partial charge in [0.25, 0.3) is 0 Å². The summed E-state index contributed by atoms with van der Waals surface area (Å²) in [5, 5.41) is 6.99. The van der Waals surface area contributed by atoms with E-state index >= 15 is 0 Å². The maximum atomic E-state index is 6.25. The summed E-state index contributed by atoms with van der Waals surface area (Å²) in [6, 6.07) is 55.2. The molecule has 48 heavy (non-hydrogen) atoms. The van der Waals surface area contributed by atoms with Gasteiger partial charge in [0.1, 0.15) is 17.0 Å². The average Bonchev–Trinajstić information content (AvgIpc) is 3.68. The molecule has 0 aliphatic carbocycles. The van der Waals surface area contributed by atoms with E-state index in [1.54, 1.807) is 0 Å². The highest BCUT2D eigenvalue weighted by Crippen LogP contribution is 2.38. The van der Waals surface area contributed by atoms with E-state index in [0.29, 0.717) is 0 Å². The van der Waals surface area contributed by atoms with Crippen molar-refractivity contribution >= 4 is 54.5 Å². The summed E-state index contributed by atoms with van der Waals surface area (Å²) in [7, 11) is 0. The highest BCUT2D eigenvalue weighted by Gasteiger charge is 2.16. The molecule has 6 aromatic carbocycles. The van der Waals surface area contributed by atoms with Crippen LogP contribution in [-0.2, 0) is 0 Å². The summed E-state index contributed by atoms with van der Waals surface area (Å²) in [4.78, 5) is 10.2. The molecule has 4 nitrogen and oxygen atoms in total. The second-order valence-corrected chi connectivity index (χ2v) is 12.3.